The number of hydrogen-bond acceptors (Lipinski definition) is 2. The highest BCUT2D eigenvalue weighted by atomic mass is 16.5. The lowest BCUT2D eigenvalue weighted by Gasteiger charge is -2.41. The summed E-state index contributed by atoms with van der Waals surface area (Å²) in [6.45, 7) is 18.7. The lowest BCUT2D eigenvalue weighted by atomic mass is 9.72. The molecular weight excluding hydrogens is 609 g/mol. The molecule has 2 heteroatoms. The second-order valence-electron chi connectivity index (χ2n) is 15.3. The van der Waals surface area contributed by atoms with Gasteiger partial charge in [0.2, 0.25) is 0 Å². The lowest BCUT2D eigenvalue weighted by Crippen LogP contribution is -2.33. The van der Waals surface area contributed by atoms with Crippen molar-refractivity contribution in [2.75, 3.05) is 0 Å². The van der Waals surface area contributed by atoms with E-state index in [4.69, 9.17) is 9.47 Å². The highest BCUT2D eigenvalue weighted by Gasteiger charge is 2.43. The molecule has 0 saturated carbocycles. The molecule has 50 heavy (non-hydrogen) atoms. The second-order valence-corrected chi connectivity index (χ2v) is 15.3. The fourth-order valence-corrected chi connectivity index (χ4v) is 9.03. The zero-order valence-electron chi connectivity index (χ0n) is 31.2. The number of benzene rings is 5. The van der Waals surface area contributed by atoms with Crippen LogP contribution in [-0.2, 0) is 0 Å². The van der Waals surface area contributed by atoms with Crippen LogP contribution in [0.1, 0.15) is 150 Å². The molecule has 3 aliphatic rings. The van der Waals surface area contributed by atoms with Gasteiger partial charge in [0, 0.05) is 16.5 Å². The summed E-state index contributed by atoms with van der Waals surface area (Å²) in [4.78, 5) is 0. The molecule has 0 aromatic heterocycles. The minimum absolute atomic E-state index is 0.0711. The van der Waals surface area contributed by atoms with Crippen LogP contribution in [0.25, 0.3) is 39.1 Å². The van der Waals surface area contributed by atoms with Gasteiger partial charge in [-0.25, -0.2) is 0 Å². The summed E-state index contributed by atoms with van der Waals surface area (Å²) in [7, 11) is 0. The van der Waals surface area contributed by atoms with Crippen molar-refractivity contribution in [3.63, 3.8) is 0 Å². The first-order valence-electron chi connectivity index (χ1n) is 19.4. The van der Waals surface area contributed by atoms with E-state index in [0.717, 1.165) is 42.9 Å². The zero-order valence-corrected chi connectivity index (χ0v) is 31.2. The molecule has 0 amide bonds. The first-order chi connectivity index (χ1) is 24.3. The Bertz CT molecular complexity index is 2090. The molecule has 6 unspecified atom stereocenters. The molecule has 5 aromatic rings. The highest BCUT2D eigenvalue weighted by molar-refractivity contribution is 6.06. The molecule has 6 atom stereocenters. The first-order valence-corrected chi connectivity index (χ1v) is 19.4. The Balaban J connectivity index is 1.38. The van der Waals surface area contributed by atoms with Crippen molar-refractivity contribution < 1.29 is 9.47 Å². The monoisotopic (exact) mass is 660 g/mol. The molecule has 0 radical (unpaired) electrons. The van der Waals surface area contributed by atoms with Crippen LogP contribution in [0.4, 0.5) is 0 Å². The van der Waals surface area contributed by atoms with Crippen LogP contribution in [0.15, 0.2) is 78.9 Å². The fraction of sp³-hybridized carbons (Fsp3) is 0.375. The molecule has 0 spiro atoms. The molecular formula is C48H52O2. The first kappa shape index (κ1) is 32.9. The predicted octanol–water partition coefficient (Wildman–Crippen LogP) is 14.3. The topological polar surface area (TPSA) is 18.5 Å². The van der Waals surface area contributed by atoms with E-state index < -0.39 is 0 Å². The lowest BCUT2D eigenvalue weighted by molar-refractivity contribution is 0.217. The third kappa shape index (κ3) is 4.89. The third-order valence-electron chi connectivity index (χ3n) is 12.6. The van der Waals surface area contributed by atoms with Gasteiger partial charge in [0.25, 0.3) is 0 Å². The standard InChI is InChI=1S/C48H52O2/c1-9-27(5)31-15-13-16-32(28(6)10-2)43(31)35-19-23-39-45-37(35)21-25-41-47(45)48-42(49-39)26-22-38-36(20-24-40(50-41)46(38)48)44-33(29(7)11-3)17-14-18-34(44)30(8)12-4/h13-30,41,47H,9-12H2,1-8H3. The van der Waals surface area contributed by atoms with Gasteiger partial charge in [-0.15, -0.1) is 0 Å². The summed E-state index contributed by atoms with van der Waals surface area (Å²) in [6, 6.07) is 27.6. The van der Waals surface area contributed by atoms with Crippen molar-refractivity contribution in [1.29, 1.82) is 0 Å². The molecule has 2 nitrogen and oxygen atoms in total. The van der Waals surface area contributed by atoms with Crippen LogP contribution in [0.5, 0.6) is 17.2 Å². The van der Waals surface area contributed by atoms with Gasteiger partial charge >= 0.3 is 0 Å². The number of rotatable bonds is 10. The Morgan fingerprint density at radius 3 is 1.58 bits per heavy atom. The summed E-state index contributed by atoms with van der Waals surface area (Å²) in [5.74, 6) is 4.83. The average molecular weight is 661 g/mol. The maximum absolute atomic E-state index is 7.00. The summed E-state index contributed by atoms with van der Waals surface area (Å²) >= 11 is 0. The second kappa shape index (κ2) is 12.8. The van der Waals surface area contributed by atoms with E-state index in [9.17, 15) is 0 Å². The maximum Gasteiger partial charge on any atom is 0.132 e. The van der Waals surface area contributed by atoms with Crippen molar-refractivity contribution >= 4 is 16.8 Å². The van der Waals surface area contributed by atoms with Crippen LogP contribution < -0.4 is 9.47 Å². The van der Waals surface area contributed by atoms with Crippen molar-refractivity contribution in [3.05, 3.63) is 118 Å². The van der Waals surface area contributed by atoms with Gasteiger partial charge in [-0.05, 0) is 135 Å². The molecule has 8 rings (SSSR count). The molecule has 2 aliphatic heterocycles. The normalized spacial score (nSPS) is 19.0. The highest BCUT2D eigenvalue weighted by Crippen LogP contribution is 2.59. The van der Waals surface area contributed by atoms with Gasteiger partial charge in [0.1, 0.15) is 23.4 Å². The van der Waals surface area contributed by atoms with Gasteiger partial charge in [0.15, 0.2) is 0 Å². The molecule has 5 aromatic carbocycles. The van der Waals surface area contributed by atoms with E-state index >= 15 is 0 Å². The molecule has 0 saturated heterocycles. The van der Waals surface area contributed by atoms with Crippen molar-refractivity contribution in [1.82, 2.24) is 0 Å². The van der Waals surface area contributed by atoms with Crippen LogP contribution in [0.3, 0.4) is 0 Å². The summed E-state index contributed by atoms with van der Waals surface area (Å²) in [5, 5.41) is 2.48. The van der Waals surface area contributed by atoms with E-state index in [-0.39, 0.29) is 12.0 Å². The molecule has 0 bridgehead atoms. The van der Waals surface area contributed by atoms with Gasteiger partial charge in [-0.2, -0.15) is 0 Å². The maximum atomic E-state index is 7.00. The molecule has 2 heterocycles. The van der Waals surface area contributed by atoms with Crippen molar-refractivity contribution in [3.8, 4) is 39.5 Å². The largest absolute Gasteiger partial charge is 0.485 e. The minimum Gasteiger partial charge on any atom is -0.485 e. The van der Waals surface area contributed by atoms with Crippen molar-refractivity contribution in [2.45, 2.75) is 117 Å². The Labute approximate surface area is 299 Å². The van der Waals surface area contributed by atoms with Gasteiger partial charge < -0.3 is 9.47 Å². The molecule has 256 valence electrons. The Hall–Kier alpha value is -4.30. The van der Waals surface area contributed by atoms with E-state index in [0.29, 0.717) is 23.7 Å². The van der Waals surface area contributed by atoms with E-state index in [2.05, 4.69) is 140 Å². The predicted molar refractivity (Wildman–Crippen MR) is 211 cm³/mol. The summed E-state index contributed by atoms with van der Waals surface area (Å²) in [5.41, 5.74) is 15.1. The number of ether oxygens (including phenoxy) is 2. The van der Waals surface area contributed by atoms with E-state index in [1.165, 1.54) is 72.0 Å². The third-order valence-corrected chi connectivity index (χ3v) is 12.6. The van der Waals surface area contributed by atoms with Crippen LogP contribution in [0, 0.1) is 0 Å². The van der Waals surface area contributed by atoms with Crippen LogP contribution in [-0.4, -0.2) is 6.10 Å². The Morgan fingerprint density at radius 2 is 1.02 bits per heavy atom. The average Bonchev–Trinajstić information content (AvgIpc) is 3.16. The summed E-state index contributed by atoms with van der Waals surface area (Å²) < 4.78 is 13.9. The SMILES string of the molecule is CCC(C)c1cccc(C(C)CC)c1-c1ccc2c3c1C=CC1Oc4ccc(-c5c(C(C)CC)cccc5C(C)CC)c5ccc(c(c45)C31)O2. The molecule has 1 aliphatic carbocycles. The van der Waals surface area contributed by atoms with Gasteiger partial charge in [-0.3, -0.25) is 0 Å². The Morgan fingerprint density at radius 1 is 0.540 bits per heavy atom. The fourth-order valence-electron chi connectivity index (χ4n) is 9.03. The molecule has 0 fully saturated rings. The smallest absolute Gasteiger partial charge is 0.132 e. The minimum atomic E-state index is -0.0787. The number of hydrogen-bond donors (Lipinski definition) is 0. The molecule has 0 N–H and O–H groups in total. The van der Waals surface area contributed by atoms with Gasteiger partial charge in [0.05, 0.1) is 5.92 Å². The van der Waals surface area contributed by atoms with E-state index in [1.807, 2.05) is 0 Å². The van der Waals surface area contributed by atoms with Crippen molar-refractivity contribution in [2.24, 2.45) is 0 Å². The van der Waals surface area contributed by atoms with Crippen LogP contribution in [0.2, 0.25) is 0 Å². The quantitative estimate of drug-likeness (QED) is 0.148. The summed E-state index contributed by atoms with van der Waals surface area (Å²) in [6.07, 6.45) is 9.00. The van der Waals surface area contributed by atoms with Gasteiger partial charge in [-0.1, -0.05) is 110 Å². The van der Waals surface area contributed by atoms with E-state index in [1.54, 1.807) is 0 Å². The Kier molecular flexibility index (Phi) is 8.41. The van der Waals surface area contributed by atoms with Crippen LogP contribution >= 0.6 is 0 Å². The zero-order chi connectivity index (χ0) is 34.8.